The van der Waals surface area contributed by atoms with Crippen LogP contribution in [0.5, 0.6) is 5.75 Å². The van der Waals surface area contributed by atoms with Gasteiger partial charge in [0.2, 0.25) is 0 Å². The SMILES string of the molecule is O=C(c1ccc(OCc2cccnc2)cc1)N(C[C@@H]1CCOC1)C1CC1. The predicted molar refractivity (Wildman–Crippen MR) is 98.0 cm³/mol. The second kappa shape index (κ2) is 7.87. The maximum Gasteiger partial charge on any atom is 0.254 e. The van der Waals surface area contributed by atoms with Crippen LogP contribution in [0.15, 0.2) is 48.8 Å². The van der Waals surface area contributed by atoms with Crippen molar-refractivity contribution in [3.63, 3.8) is 0 Å². The van der Waals surface area contributed by atoms with E-state index < -0.39 is 0 Å². The van der Waals surface area contributed by atoms with E-state index in [2.05, 4.69) is 4.98 Å². The van der Waals surface area contributed by atoms with Gasteiger partial charge in [-0.2, -0.15) is 0 Å². The molecular formula is C21H24N2O3. The molecule has 2 fully saturated rings. The Hall–Kier alpha value is -2.40. The lowest BCUT2D eigenvalue weighted by molar-refractivity contribution is 0.0706. The molecule has 1 aliphatic carbocycles. The van der Waals surface area contributed by atoms with E-state index in [1.807, 2.05) is 41.3 Å². The van der Waals surface area contributed by atoms with Gasteiger partial charge in [-0.15, -0.1) is 0 Å². The predicted octanol–water partition coefficient (Wildman–Crippen LogP) is 3.30. The Labute approximate surface area is 153 Å². The van der Waals surface area contributed by atoms with Gasteiger partial charge in [0.25, 0.3) is 5.91 Å². The van der Waals surface area contributed by atoms with Crippen molar-refractivity contribution in [3.8, 4) is 5.75 Å². The smallest absolute Gasteiger partial charge is 0.254 e. The number of carbonyl (C=O) groups excluding carboxylic acids is 1. The van der Waals surface area contributed by atoms with Crippen molar-refractivity contribution in [1.29, 1.82) is 0 Å². The zero-order valence-electron chi connectivity index (χ0n) is 14.8. The van der Waals surface area contributed by atoms with Crippen molar-refractivity contribution in [1.82, 2.24) is 9.88 Å². The number of pyridine rings is 1. The van der Waals surface area contributed by atoms with Gasteiger partial charge < -0.3 is 14.4 Å². The van der Waals surface area contributed by atoms with Crippen LogP contribution >= 0.6 is 0 Å². The fourth-order valence-corrected chi connectivity index (χ4v) is 3.30. The maximum absolute atomic E-state index is 12.9. The van der Waals surface area contributed by atoms with E-state index in [9.17, 15) is 4.79 Å². The monoisotopic (exact) mass is 352 g/mol. The minimum atomic E-state index is 0.123. The molecule has 5 heteroatoms. The van der Waals surface area contributed by atoms with E-state index >= 15 is 0 Å². The van der Waals surface area contributed by atoms with E-state index in [1.165, 1.54) is 0 Å². The Morgan fingerprint density at radius 2 is 2.04 bits per heavy atom. The first kappa shape index (κ1) is 17.0. The molecule has 1 atom stereocenters. The van der Waals surface area contributed by atoms with Crippen molar-refractivity contribution in [2.24, 2.45) is 5.92 Å². The number of aromatic nitrogens is 1. The largest absolute Gasteiger partial charge is 0.489 e. The third-order valence-electron chi connectivity index (χ3n) is 4.96. The summed E-state index contributed by atoms with van der Waals surface area (Å²) >= 11 is 0. The molecule has 5 nitrogen and oxygen atoms in total. The molecule has 0 bridgehead atoms. The van der Waals surface area contributed by atoms with Gasteiger partial charge >= 0.3 is 0 Å². The fourth-order valence-electron chi connectivity index (χ4n) is 3.30. The molecular weight excluding hydrogens is 328 g/mol. The van der Waals surface area contributed by atoms with Crippen LogP contribution in [0.25, 0.3) is 0 Å². The molecule has 2 aromatic rings. The first-order chi connectivity index (χ1) is 12.8. The highest BCUT2D eigenvalue weighted by atomic mass is 16.5. The number of carbonyl (C=O) groups is 1. The first-order valence-corrected chi connectivity index (χ1v) is 9.30. The number of benzene rings is 1. The highest BCUT2D eigenvalue weighted by molar-refractivity contribution is 5.94. The lowest BCUT2D eigenvalue weighted by Crippen LogP contribution is -2.37. The number of nitrogens with zero attached hydrogens (tertiary/aromatic N) is 2. The van der Waals surface area contributed by atoms with Gasteiger partial charge in [0.15, 0.2) is 0 Å². The zero-order valence-corrected chi connectivity index (χ0v) is 14.8. The molecule has 1 aromatic heterocycles. The van der Waals surface area contributed by atoms with E-state index in [0.29, 0.717) is 18.6 Å². The second-order valence-electron chi connectivity index (χ2n) is 7.09. The maximum atomic E-state index is 12.9. The van der Waals surface area contributed by atoms with Gasteiger partial charge in [-0.25, -0.2) is 0 Å². The molecule has 26 heavy (non-hydrogen) atoms. The Morgan fingerprint density at radius 1 is 1.19 bits per heavy atom. The molecule has 136 valence electrons. The van der Waals surface area contributed by atoms with Crippen LogP contribution in [0, 0.1) is 5.92 Å². The fraction of sp³-hybridized carbons (Fsp3) is 0.429. The highest BCUT2D eigenvalue weighted by Crippen LogP contribution is 2.30. The normalized spacial score (nSPS) is 19.3. The summed E-state index contributed by atoms with van der Waals surface area (Å²) in [7, 11) is 0. The van der Waals surface area contributed by atoms with Crippen LogP contribution in [0.1, 0.15) is 35.2 Å². The summed E-state index contributed by atoms with van der Waals surface area (Å²) in [5.41, 5.74) is 1.75. The Kier molecular flexibility index (Phi) is 5.16. The van der Waals surface area contributed by atoms with Gasteiger partial charge in [-0.1, -0.05) is 6.07 Å². The highest BCUT2D eigenvalue weighted by Gasteiger charge is 2.35. The van der Waals surface area contributed by atoms with Crippen LogP contribution in [-0.2, 0) is 11.3 Å². The van der Waals surface area contributed by atoms with Crippen molar-refractivity contribution in [2.75, 3.05) is 19.8 Å². The third-order valence-corrected chi connectivity index (χ3v) is 4.96. The lowest BCUT2D eigenvalue weighted by Gasteiger charge is -2.25. The number of hydrogen-bond donors (Lipinski definition) is 0. The zero-order chi connectivity index (χ0) is 17.8. The molecule has 2 heterocycles. The molecule has 1 amide bonds. The number of rotatable bonds is 7. The van der Waals surface area contributed by atoms with Crippen molar-refractivity contribution < 1.29 is 14.3 Å². The minimum Gasteiger partial charge on any atom is -0.489 e. The van der Waals surface area contributed by atoms with Crippen LogP contribution in [0.3, 0.4) is 0 Å². The topological polar surface area (TPSA) is 51.7 Å². The Bertz CT molecular complexity index is 723. The second-order valence-corrected chi connectivity index (χ2v) is 7.09. The van der Waals surface area contributed by atoms with Crippen LogP contribution in [-0.4, -0.2) is 41.6 Å². The van der Waals surface area contributed by atoms with Gasteiger partial charge in [0.05, 0.1) is 6.61 Å². The molecule has 1 aliphatic heterocycles. The molecule has 0 unspecified atom stereocenters. The molecule has 0 spiro atoms. The standard InChI is InChI=1S/C21H24N2O3/c24-21(23(19-5-6-19)13-17-9-11-25-14-17)18-3-7-20(8-4-18)26-15-16-2-1-10-22-12-16/h1-4,7-8,10,12,17,19H,5-6,9,11,13-15H2/t17-/m0/s1. The number of ether oxygens (including phenoxy) is 2. The summed E-state index contributed by atoms with van der Waals surface area (Å²) in [5.74, 6) is 1.35. The minimum absolute atomic E-state index is 0.123. The molecule has 1 aromatic carbocycles. The van der Waals surface area contributed by atoms with E-state index in [0.717, 1.165) is 55.9 Å². The molecule has 1 saturated heterocycles. The van der Waals surface area contributed by atoms with Crippen LogP contribution in [0.4, 0.5) is 0 Å². The van der Waals surface area contributed by atoms with Crippen molar-refractivity contribution >= 4 is 5.91 Å². The average Bonchev–Trinajstić information content (AvgIpc) is 3.41. The summed E-state index contributed by atoms with van der Waals surface area (Å²) in [5, 5.41) is 0. The Balaban J connectivity index is 1.37. The summed E-state index contributed by atoms with van der Waals surface area (Å²) in [6.45, 7) is 2.87. The summed E-state index contributed by atoms with van der Waals surface area (Å²) in [6.07, 6.45) is 6.82. The van der Waals surface area contributed by atoms with Crippen LogP contribution < -0.4 is 4.74 Å². The summed E-state index contributed by atoms with van der Waals surface area (Å²) in [4.78, 5) is 19.1. The van der Waals surface area contributed by atoms with Gasteiger partial charge in [-0.05, 0) is 49.6 Å². The number of amides is 1. The van der Waals surface area contributed by atoms with Gasteiger partial charge in [0, 0.05) is 48.6 Å². The van der Waals surface area contributed by atoms with E-state index in [4.69, 9.17) is 9.47 Å². The van der Waals surface area contributed by atoms with E-state index in [-0.39, 0.29) is 5.91 Å². The van der Waals surface area contributed by atoms with Gasteiger partial charge in [-0.3, -0.25) is 9.78 Å². The van der Waals surface area contributed by atoms with E-state index in [1.54, 1.807) is 12.4 Å². The van der Waals surface area contributed by atoms with Gasteiger partial charge in [0.1, 0.15) is 12.4 Å². The average molecular weight is 352 g/mol. The Morgan fingerprint density at radius 3 is 2.69 bits per heavy atom. The lowest BCUT2D eigenvalue weighted by atomic mass is 10.1. The van der Waals surface area contributed by atoms with Crippen LogP contribution in [0.2, 0.25) is 0 Å². The third kappa shape index (κ3) is 4.22. The summed E-state index contributed by atoms with van der Waals surface area (Å²) in [6, 6.07) is 11.7. The first-order valence-electron chi connectivity index (χ1n) is 9.30. The van der Waals surface area contributed by atoms with Crippen molar-refractivity contribution in [3.05, 3.63) is 59.9 Å². The summed E-state index contributed by atoms with van der Waals surface area (Å²) < 4.78 is 11.2. The quantitative estimate of drug-likeness (QED) is 0.767. The molecule has 2 aliphatic rings. The number of hydrogen-bond acceptors (Lipinski definition) is 4. The van der Waals surface area contributed by atoms with Crippen molar-refractivity contribution in [2.45, 2.75) is 31.9 Å². The molecule has 0 radical (unpaired) electrons. The molecule has 4 rings (SSSR count). The molecule has 1 saturated carbocycles. The molecule has 0 N–H and O–H groups in total.